The molecule has 0 amide bonds. The van der Waals surface area contributed by atoms with Crippen LogP contribution in [0.3, 0.4) is 0 Å². The van der Waals surface area contributed by atoms with Crippen molar-refractivity contribution in [2.75, 3.05) is 25.0 Å². The molecule has 1 fully saturated rings. The Morgan fingerprint density at radius 3 is 2.90 bits per heavy atom. The Balaban J connectivity index is 1.62. The Morgan fingerprint density at radius 2 is 2.10 bits per heavy atom. The minimum Gasteiger partial charge on any atom is -0.385 e. The monoisotopic (exact) mass is 272 g/mol. The molecular formula is C18H28N2. The van der Waals surface area contributed by atoms with E-state index >= 15 is 0 Å². The van der Waals surface area contributed by atoms with Crippen LogP contribution < -0.4 is 5.32 Å². The predicted molar refractivity (Wildman–Crippen MR) is 86.4 cm³/mol. The lowest BCUT2D eigenvalue weighted by molar-refractivity contribution is 0.146. The van der Waals surface area contributed by atoms with Crippen LogP contribution in [0.25, 0.3) is 0 Å². The maximum absolute atomic E-state index is 3.50. The standard InChI is InChI=1S/C18H28N2/c1-14-7-10-20(11-8-14)15(2)12-16-5-6-18-17(13-16)4-3-9-19-18/h5-6,13-15,19H,3-4,7-12H2,1-2H3. The van der Waals surface area contributed by atoms with Gasteiger partial charge in [-0.2, -0.15) is 0 Å². The lowest BCUT2D eigenvalue weighted by atomic mass is 9.95. The predicted octanol–water partition coefficient (Wildman–Crippen LogP) is 3.71. The number of nitrogens with one attached hydrogen (secondary N) is 1. The first kappa shape index (κ1) is 13.9. The Hall–Kier alpha value is -1.02. The highest BCUT2D eigenvalue weighted by molar-refractivity contribution is 5.54. The van der Waals surface area contributed by atoms with E-state index in [0.29, 0.717) is 6.04 Å². The van der Waals surface area contributed by atoms with Crippen LogP contribution in [0, 0.1) is 5.92 Å². The third-order valence-corrected chi connectivity index (χ3v) is 5.08. The van der Waals surface area contributed by atoms with Gasteiger partial charge in [0.05, 0.1) is 0 Å². The fraction of sp³-hybridized carbons (Fsp3) is 0.667. The fourth-order valence-corrected chi connectivity index (χ4v) is 3.59. The number of aryl methyl sites for hydroxylation is 1. The van der Waals surface area contributed by atoms with Gasteiger partial charge in [0, 0.05) is 18.3 Å². The van der Waals surface area contributed by atoms with Crippen molar-refractivity contribution in [1.82, 2.24) is 4.90 Å². The molecule has 1 aromatic rings. The molecule has 110 valence electrons. The number of hydrogen-bond donors (Lipinski definition) is 1. The first-order valence-corrected chi connectivity index (χ1v) is 8.32. The number of fused-ring (bicyclic) bond motifs is 1. The zero-order valence-electron chi connectivity index (χ0n) is 13.0. The zero-order valence-corrected chi connectivity index (χ0v) is 13.0. The fourth-order valence-electron chi connectivity index (χ4n) is 3.59. The lowest BCUT2D eigenvalue weighted by Crippen LogP contribution is -2.40. The first-order chi connectivity index (χ1) is 9.72. The summed E-state index contributed by atoms with van der Waals surface area (Å²) in [7, 11) is 0. The molecular weight excluding hydrogens is 244 g/mol. The van der Waals surface area contributed by atoms with Gasteiger partial charge in [0.25, 0.3) is 0 Å². The third kappa shape index (κ3) is 3.17. The molecule has 0 saturated carbocycles. The summed E-state index contributed by atoms with van der Waals surface area (Å²) >= 11 is 0. The van der Waals surface area contributed by atoms with Crippen molar-refractivity contribution in [3.8, 4) is 0 Å². The Kier molecular flexibility index (Phi) is 4.30. The van der Waals surface area contributed by atoms with Crippen LogP contribution in [0.5, 0.6) is 0 Å². The average Bonchev–Trinajstić information content (AvgIpc) is 2.48. The summed E-state index contributed by atoms with van der Waals surface area (Å²) in [5.41, 5.74) is 4.39. The summed E-state index contributed by atoms with van der Waals surface area (Å²) in [6, 6.07) is 7.72. The number of likely N-dealkylation sites (tertiary alicyclic amines) is 1. The van der Waals surface area contributed by atoms with Crippen LogP contribution in [0.2, 0.25) is 0 Å². The molecule has 2 heteroatoms. The van der Waals surface area contributed by atoms with E-state index in [0.717, 1.165) is 12.5 Å². The molecule has 0 spiro atoms. The van der Waals surface area contributed by atoms with Gasteiger partial charge in [0.2, 0.25) is 0 Å². The van der Waals surface area contributed by atoms with Gasteiger partial charge in [0.1, 0.15) is 0 Å². The molecule has 3 rings (SSSR count). The third-order valence-electron chi connectivity index (χ3n) is 5.08. The van der Waals surface area contributed by atoms with Crippen molar-refractivity contribution in [3.05, 3.63) is 29.3 Å². The SMILES string of the molecule is CC1CCN(C(C)Cc2ccc3c(c2)CCCN3)CC1. The molecule has 2 aliphatic heterocycles. The van der Waals surface area contributed by atoms with Gasteiger partial charge >= 0.3 is 0 Å². The largest absolute Gasteiger partial charge is 0.385 e. The highest BCUT2D eigenvalue weighted by Gasteiger charge is 2.20. The summed E-state index contributed by atoms with van der Waals surface area (Å²) in [4.78, 5) is 2.68. The van der Waals surface area contributed by atoms with Gasteiger partial charge in [0.15, 0.2) is 0 Å². The van der Waals surface area contributed by atoms with Gasteiger partial charge < -0.3 is 10.2 Å². The molecule has 1 N–H and O–H groups in total. The second-order valence-electron chi connectivity index (χ2n) is 6.79. The summed E-state index contributed by atoms with van der Waals surface area (Å²) < 4.78 is 0. The first-order valence-electron chi connectivity index (χ1n) is 8.32. The van der Waals surface area contributed by atoms with Crippen molar-refractivity contribution < 1.29 is 0 Å². The van der Waals surface area contributed by atoms with Gasteiger partial charge in [-0.15, -0.1) is 0 Å². The zero-order chi connectivity index (χ0) is 13.9. The van der Waals surface area contributed by atoms with Gasteiger partial charge in [-0.25, -0.2) is 0 Å². The van der Waals surface area contributed by atoms with Gasteiger partial charge in [-0.1, -0.05) is 19.1 Å². The molecule has 20 heavy (non-hydrogen) atoms. The molecule has 1 aromatic carbocycles. The van der Waals surface area contributed by atoms with Gasteiger partial charge in [-0.3, -0.25) is 0 Å². The molecule has 2 nitrogen and oxygen atoms in total. The Labute approximate surface area is 123 Å². The number of rotatable bonds is 3. The summed E-state index contributed by atoms with van der Waals surface area (Å²) in [5.74, 6) is 0.924. The summed E-state index contributed by atoms with van der Waals surface area (Å²) in [6.45, 7) is 8.49. The second kappa shape index (κ2) is 6.17. The molecule has 2 heterocycles. The highest BCUT2D eigenvalue weighted by Crippen LogP contribution is 2.25. The topological polar surface area (TPSA) is 15.3 Å². The van der Waals surface area contributed by atoms with E-state index in [1.165, 1.54) is 62.0 Å². The quantitative estimate of drug-likeness (QED) is 0.902. The summed E-state index contributed by atoms with van der Waals surface area (Å²) in [6.07, 6.45) is 6.46. The minimum absolute atomic E-state index is 0.678. The van der Waals surface area contributed by atoms with Crippen molar-refractivity contribution in [2.24, 2.45) is 5.92 Å². The molecule has 0 bridgehead atoms. The molecule has 1 atom stereocenters. The maximum Gasteiger partial charge on any atom is 0.0372 e. The Bertz CT molecular complexity index is 447. The highest BCUT2D eigenvalue weighted by atomic mass is 15.2. The average molecular weight is 272 g/mol. The summed E-state index contributed by atoms with van der Waals surface area (Å²) in [5, 5.41) is 3.50. The van der Waals surface area contributed by atoms with E-state index in [9.17, 15) is 0 Å². The van der Waals surface area contributed by atoms with Gasteiger partial charge in [-0.05, 0) is 75.2 Å². The van der Waals surface area contributed by atoms with Crippen LogP contribution >= 0.6 is 0 Å². The van der Waals surface area contributed by atoms with E-state index in [2.05, 4.69) is 42.3 Å². The van der Waals surface area contributed by atoms with Crippen LogP contribution in [0.4, 0.5) is 5.69 Å². The molecule has 1 unspecified atom stereocenters. The number of piperidine rings is 1. The molecule has 0 aliphatic carbocycles. The lowest BCUT2D eigenvalue weighted by Gasteiger charge is -2.35. The molecule has 2 aliphatic rings. The number of anilines is 1. The van der Waals surface area contributed by atoms with Crippen molar-refractivity contribution in [3.63, 3.8) is 0 Å². The van der Waals surface area contributed by atoms with Crippen LogP contribution in [0.1, 0.15) is 44.2 Å². The van der Waals surface area contributed by atoms with E-state index < -0.39 is 0 Å². The van der Waals surface area contributed by atoms with Crippen LogP contribution in [-0.2, 0) is 12.8 Å². The van der Waals surface area contributed by atoms with E-state index in [4.69, 9.17) is 0 Å². The Morgan fingerprint density at radius 1 is 1.30 bits per heavy atom. The number of nitrogens with zero attached hydrogens (tertiary/aromatic N) is 1. The molecule has 0 radical (unpaired) electrons. The van der Waals surface area contributed by atoms with Crippen LogP contribution in [0.15, 0.2) is 18.2 Å². The second-order valence-corrected chi connectivity index (χ2v) is 6.79. The van der Waals surface area contributed by atoms with Crippen LogP contribution in [-0.4, -0.2) is 30.6 Å². The van der Waals surface area contributed by atoms with Crippen molar-refractivity contribution >= 4 is 5.69 Å². The molecule has 0 aromatic heterocycles. The van der Waals surface area contributed by atoms with E-state index in [1.54, 1.807) is 0 Å². The molecule has 1 saturated heterocycles. The number of benzene rings is 1. The number of hydrogen-bond acceptors (Lipinski definition) is 2. The minimum atomic E-state index is 0.678. The van der Waals surface area contributed by atoms with E-state index in [-0.39, 0.29) is 0 Å². The normalized spacial score (nSPS) is 22.1. The smallest absolute Gasteiger partial charge is 0.0372 e. The van der Waals surface area contributed by atoms with Crippen molar-refractivity contribution in [1.29, 1.82) is 0 Å². The van der Waals surface area contributed by atoms with E-state index in [1.807, 2.05) is 0 Å². The maximum atomic E-state index is 3.50. The van der Waals surface area contributed by atoms with Crippen molar-refractivity contribution in [2.45, 2.75) is 52.0 Å².